The molecule has 0 saturated carbocycles. The lowest BCUT2D eigenvalue weighted by Crippen LogP contribution is -2.44. The predicted molar refractivity (Wildman–Crippen MR) is 123 cm³/mol. The molecule has 0 saturated heterocycles. The highest BCUT2D eigenvalue weighted by atomic mass is 35.5. The van der Waals surface area contributed by atoms with Crippen LogP contribution >= 0.6 is 23.8 Å². The summed E-state index contributed by atoms with van der Waals surface area (Å²) >= 11 is 11.9. The molecule has 30 heavy (non-hydrogen) atoms. The van der Waals surface area contributed by atoms with Gasteiger partial charge in [0.15, 0.2) is 22.4 Å². The Morgan fingerprint density at radius 3 is 2.57 bits per heavy atom. The third-order valence-corrected chi connectivity index (χ3v) is 5.07. The predicted octanol–water partition coefficient (Wildman–Crippen LogP) is 5.20. The molecule has 0 bridgehead atoms. The van der Waals surface area contributed by atoms with Gasteiger partial charge in [0.25, 0.3) is 0 Å². The first-order valence-corrected chi connectivity index (χ1v) is 10.6. The van der Waals surface area contributed by atoms with Crippen LogP contribution in [0.1, 0.15) is 49.7 Å². The molecule has 3 rings (SSSR count). The van der Waals surface area contributed by atoms with Gasteiger partial charge in [0.05, 0.1) is 23.8 Å². The smallest absolute Gasteiger partial charge is 0.193 e. The minimum Gasteiger partial charge on any atom is -0.490 e. The number of benzene rings is 2. The lowest BCUT2D eigenvalue weighted by atomic mass is 9.89. The maximum atomic E-state index is 13.3. The van der Waals surface area contributed by atoms with Crippen LogP contribution in [0.15, 0.2) is 53.7 Å². The Bertz CT molecular complexity index is 989. The summed E-state index contributed by atoms with van der Waals surface area (Å²) in [6, 6.07) is 12.3. The zero-order valence-electron chi connectivity index (χ0n) is 17.4. The fourth-order valence-corrected chi connectivity index (χ4v) is 3.89. The van der Waals surface area contributed by atoms with Gasteiger partial charge in [-0.3, -0.25) is 4.79 Å². The van der Waals surface area contributed by atoms with Crippen molar-refractivity contribution in [1.29, 1.82) is 0 Å². The lowest BCUT2D eigenvalue weighted by molar-refractivity contribution is 0.102. The Labute approximate surface area is 187 Å². The van der Waals surface area contributed by atoms with Gasteiger partial charge in [-0.25, -0.2) is 0 Å². The second kappa shape index (κ2) is 9.49. The molecular weight excluding hydrogens is 420 g/mol. The van der Waals surface area contributed by atoms with E-state index >= 15 is 0 Å². The van der Waals surface area contributed by atoms with Crippen molar-refractivity contribution in [3.63, 3.8) is 0 Å². The maximum Gasteiger partial charge on any atom is 0.193 e. The molecule has 1 heterocycles. The molecule has 5 nitrogen and oxygen atoms in total. The molecule has 0 fully saturated rings. The Balaban J connectivity index is 2.10. The normalized spacial score (nSPS) is 16.2. The molecule has 2 aromatic rings. The first kappa shape index (κ1) is 22.1. The van der Waals surface area contributed by atoms with Gasteiger partial charge < -0.3 is 20.1 Å². The SMILES string of the molecule is CCOc1cc(C2NC(=S)NC(C)=C2C(=O)c2ccccc2)cc(Cl)c1OC(C)C. The minimum absolute atomic E-state index is 0.0606. The molecule has 7 heteroatoms. The Morgan fingerprint density at radius 1 is 1.23 bits per heavy atom. The number of carbonyl (C=O) groups excluding carboxylic acids is 1. The van der Waals surface area contributed by atoms with E-state index in [1.807, 2.05) is 52.0 Å². The molecule has 0 aliphatic carbocycles. The number of rotatable bonds is 7. The molecule has 0 aromatic heterocycles. The third kappa shape index (κ3) is 4.77. The second-order valence-corrected chi connectivity index (χ2v) is 8.01. The highest BCUT2D eigenvalue weighted by molar-refractivity contribution is 7.80. The van der Waals surface area contributed by atoms with Crippen molar-refractivity contribution in [2.75, 3.05) is 6.61 Å². The van der Waals surface area contributed by atoms with E-state index in [0.717, 1.165) is 5.56 Å². The van der Waals surface area contributed by atoms with E-state index in [-0.39, 0.29) is 11.9 Å². The number of Topliss-reactive ketones (excluding diaryl/α,β-unsaturated/α-hetero) is 1. The van der Waals surface area contributed by atoms with Crippen LogP contribution in [0, 0.1) is 0 Å². The average molecular weight is 445 g/mol. The van der Waals surface area contributed by atoms with Crippen LogP contribution in [-0.4, -0.2) is 23.6 Å². The second-order valence-electron chi connectivity index (χ2n) is 7.19. The number of ketones is 1. The van der Waals surface area contributed by atoms with E-state index in [9.17, 15) is 4.79 Å². The van der Waals surface area contributed by atoms with Crippen LogP contribution < -0.4 is 20.1 Å². The van der Waals surface area contributed by atoms with Crippen LogP contribution in [0.25, 0.3) is 0 Å². The maximum absolute atomic E-state index is 13.3. The van der Waals surface area contributed by atoms with Crippen LogP contribution in [0.4, 0.5) is 0 Å². The number of hydrogen-bond acceptors (Lipinski definition) is 4. The molecule has 1 unspecified atom stereocenters. The van der Waals surface area contributed by atoms with E-state index in [4.69, 9.17) is 33.3 Å². The van der Waals surface area contributed by atoms with Crippen LogP contribution in [-0.2, 0) is 0 Å². The quantitative estimate of drug-likeness (QED) is 0.452. The fourth-order valence-electron chi connectivity index (χ4n) is 3.36. The van der Waals surface area contributed by atoms with E-state index in [1.165, 1.54) is 0 Å². The third-order valence-electron chi connectivity index (χ3n) is 4.57. The van der Waals surface area contributed by atoms with Gasteiger partial charge in [0, 0.05) is 16.8 Å². The largest absolute Gasteiger partial charge is 0.490 e. The number of allylic oxidation sites excluding steroid dienone is 1. The highest BCUT2D eigenvalue weighted by Crippen LogP contribution is 2.41. The number of halogens is 1. The van der Waals surface area contributed by atoms with E-state index in [2.05, 4.69) is 10.6 Å². The van der Waals surface area contributed by atoms with E-state index in [1.54, 1.807) is 18.2 Å². The number of thiocarbonyl (C=S) groups is 1. The van der Waals surface area contributed by atoms with Gasteiger partial charge >= 0.3 is 0 Å². The summed E-state index contributed by atoms with van der Waals surface area (Å²) in [7, 11) is 0. The topological polar surface area (TPSA) is 59.6 Å². The highest BCUT2D eigenvalue weighted by Gasteiger charge is 2.31. The Kier molecular flexibility index (Phi) is 7.00. The summed E-state index contributed by atoms with van der Waals surface area (Å²) in [5.74, 6) is 0.937. The molecule has 0 radical (unpaired) electrons. The monoisotopic (exact) mass is 444 g/mol. The summed E-state index contributed by atoms with van der Waals surface area (Å²) in [4.78, 5) is 13.3. The van der Waals surface area contributed by atoms with Crippen LogP contribution in [0.3, 0.4) is 0 Å². The van der Waals surface area contributed by atoms with Crippen molar-refractivity contribution in [3.8, 4) is 11.5 Å². The Morgan fingerprint density at radius 2 is 1.93 bits per heavy atom. The van der Waals surface area contributed by atoms with Gasteiger partial charge in [-0.05, 0) is 57.6 Å². The fraction of sp³-hybridized carbons (Fsp3) is 0.304. The summed E-state index contributed by atoms with van der Waals surface area (Å²) in [5.41, 5.74) is 2.64. The molecule has 1 aliphatic heterocycles. The first-order chi connectivity index (χ1) is 14.3. The first-order valence-electron chi connectivity index (χ1n) is 9.82. The Hall–Kier alpha value is -2.57. The zero-order valence-corrected chi connectivity index (χ0v) is 19.0. The summed E-state index contributed by atoms with van der Waals surface area (Å²) < 4.78 is 11.7. The molecule has 2 N–H and O–H groups in total. The van der Waals surface area contributed by atoms with Gasteiger partial charge in [0.1, 0.15) is 0 Å². The molecule has 158 valence electrons. The molecule has 0 amide bonds. The van der Waals surface area contributed by atoms with E-state index in [0.29, 0.717) is 45.1 Å². The summed E-state index contributed by atoms with van der Waals surface area (Å²) in [6.07, 6.45) is -0.0606. The average Bonchev–Trinajstić information content (AvgIpc) is 2.70. The molecular formula is C23H25ClN2O3S. The zero-order chi connectivity index (χ0) is 21.8. The van der Waals surface area contributed by atoms with Gasteiger partial charge in [-0.2, -0.15) is 0 Å². The van der Waals surface area contributed by atoms with Crippen molar-refractivity contribution in [2.24, 2.45) is 0 Å². The summed E-state index contributed by atoms with van der Waals surface area (Å²) in [6.45, 7) is 8.05. The molecule has 1 atom stereocenters. The summed E-state index contributed by atoms with van der Waals surface area (Å²) in [5, 5.41) is 7.13. The number of carbonyl (C=O) groups is 1. The van der Waals surface area contributed by atoms with Crippen molar-refractivity contribution < 1.29 is 14.3 Å². The van der Waals surface area contributed by atoms with Crippen LogP contribution in [0.5, 0.6) is 11.5 Å². The van der Waals surface area contributed by atoms with Gasteiger partial charge in [0.2, 0.25) is 0 Å². The number of nitrogens with one attached hydrogen (secondary N) is 2. The molecule has 1 aliphatic rings. The number of ether oxygens (including phenoxy) is 2. The van der Waals surface area contributed by atoms with E-state index < -0.39 is 6.04 Å². The van der Waals surface area contributed by atoms with Crippen molar-refractivity contribution in [1.82, 2.24) is 10.6 Å². The van der Waals surface area contributed by atoms with Gasteiger partial charge in [-0.15, -0.1) is 0 Å². The molecule has 0 spiro atoms. The number of hydrogen-bond donors (Lipinski definition) is 2. The minimum atomic E-state index is -0.476. The molecule has 2 aromatic carbocycles. The van der Waals surface area contributed by atoms with Crippen molar-refractivity contribution in [2.45, 2.75) is 39.8 Å². The lowest BCUT2D eigenvalue weighted by Gasteiger charge is -2.31. The van der Waals surface area contributed by atoms with Gasteiger partial charge in [-0.1, -0.05) is 41.9 Å². The van der Waals surface area contributed by atoms with Crippen LogP contribution in [0.2, 0.25) is 5.02 Å². The standard InChI is InChI=1S/C23H25ClN2O3S/c1-5-28-18-12-16(11-17(24)22(18)29-13(2)3)20-19(14(4)25-23(30)26-20)21(27)15-9-7-6-8-10-15/h6-13,20H,5H2,1-4H3,(H2,25,26,30). The van der Waals surface area contributed by atoms with Crippen molar-refractivity contribution in [3.05, 3.63) is 69.9 Å². The van der Waals surface area contributed by atoms with Crippen molar-refractivity contribution >= 4 is 34.7 Å².